The van der Waals surface area contributed by atoms with Gasteiger partial charge in [0.25, 0.3) is 0 Å². The number of para-hydroxylation sites is 1. The maximum absolute atomic E-state index is 13.1. The second-order valence-corrected chi connectivity index (χ2v) is 6.03. The number of benzene rings is 2. The zero-order valence-corrected chi connectivity index (χ0v) is 13.4. The van der Waals surface area contributed by atoms with E-state index in [1.165, 1.54) is 24.3 Å². The molecule has 0 saturated carbocycles. The normalized spacial score (nSPS) is 17.1. The van der Waals surface area contributed by atoms with E-state index in [0.29, 0.717) is 12.0 Å². The number of fused-ring (bicyclic) bond motifs is 1. The third kappa shape index (κ3) is 4.15. The van der Waals surface area contributed by atoms with Gasteiger partial charge in [0.15, 0.2) is 0 Å². The topological polar surface area (TPSA) is 75.6 Å². The number of rotatable bonds is 5. The highest BCUT2D eigenvalue weighted by Gasteiger charge is 2.28. The van der Waals surface area contributed by atoms with E-state index in [9.17, 15) is 14.0 Å². The number of carboxylic acids is 1. The van der Waals surface area contributed by atoms with Crippen molar-refractivity contribution in [1.29, 1.82) is 0 Å². The Labute approximate surface area is 144 Å². The molecule has 0 radical (unpaired) electrons. The number of carbonyl (C=O) groups excluding carboxylic acids is 1. The van der Waals surface area contributed by atoms with Crippen LogP contribution in [0.1, 0.15) is 23.6 Å². The number of hydrogen-bond donors (Lipinski definition) is 2. The van der Waals surface area contributed by atoms with Gasteiger partial charge in [-0.15, -0.1) is 0 Å². The van der Waals surface area contributed by atoms with Crippen LogP contribution in [0.2, 0.25) is 0 Å². The summed E-state index contributed by atoms with van der Waals surface area (Å²) in [6.07, 6.45) is 0.257. The lowest BCUT2D eigenvalue weighted by Gasteiger charge is -2.26. The number of hydrogen-bond acceptors (Lipinski definition) is 3. The molecule has 1 aliphatic heterocycles. The van der Waals surface area contributed by atoms with Crippen molar-refractivity contribution in [3.8, 4) is 5.75 Å². The Morgan fingerprint density at radius 2 is 1.92 bits per heavy atom. The standard InChI is InChI=1S/C19H18FNO4/c20-15-7-5-12(6-8-15)16(10-18(22)23)21-19(24)14-9-13-3-1-2-4-17(13)25-11-14/h1-8,14,16H,9-11H2,(H,21,24)(H,22,23)/t14-,16+/m0/s1. The highest BCUT2D eigenvalue weighted by Crippen LogP contribution is 2.27. The molecule has 2 atom stereocenters. The molecule has 6 heteroatoms. The van der Waals surface area contributed by atoms with Crippen molar-refractivity contribution in [1.82, 2.24) is 5.32 Å². The quantitative estimate of drug-likeness (QED) is 0.875. The molecule has 0 bridgehead atoms. The van der Waals surface area contributed by atoms with Crippen LogP contribution in [0.25, 0.3) is 0 Å². The van der Waals surface area contributed by atoms with Gasteiger partial charge in [0.05, 0.1) is 18.4 Å². The van der Waals surface area contributed by atoms with Gasteiger partial charge in [-0.3, -0.25) is 9.59 Å². The molecule has 2 aromatic rings. The third-order valence-corrected chi connectivity index (χ3v) is 4.22. The molecule has 5 nitrogen and oxygen atoms in total. The minimum atomic E-state index is -1.04. The van der Waals surface area contributed by atoms with Gasteiger partial charge >= 0.3 is 5.97 Å². The van der Waals surface area contributed by atoms with E-state index in [4.69, 9.17) is 9.84 Å². The van der Waals surface area contributed by atoms with E-state index < -0.39 is 23.7 Å². The Hall–Kier alpha value is -2.89. The summed E-state index contributed by atoms with van der Waals surface area (Å²) in [6, 6.07) is 12.3. The van der Waals surface area contributed by atoms with Gasteiger partial charge in [0, 0.05) is 0 Å². The summed E-state index contributed by atoms with van der Waals surface area (Å²) >= 11 is 0. The molecule has 0 fully saturated rings. The van der Waals surface area contributed by atoms with Crippen molar-refractivity contribution < 1.29 is 23.8 Å². The van der Waals surface area contributed by atoms with Crippen molar-refractivity contribution in [2.45, 2.75) is 18.9 Å². The number of nitrogens with one attached hydrogen (secondary N) is 1. The predicted molar refractivity (Wildman–Crippen MR) is 88.7 cm³/mol. The molecule has 0 aromatic heterocycles. The predicted octanol–water partition coefficient (Wildman–Crippen LogP) is 2.71. The summed E-state index contributed by atoms with van der Waals surface area (Å²) in [7, 11) is 0. The fourth-order valence-corrected chi connectivity index (χ4v) is 2.91. The van der Waals surface area contributed by atoms with Crippen molar-refractivity contribution in [3.63, 3.8) is 0 Å². The molecule has 130 valence electrons. The van der Waals surface area contributed by atoms with Gasteiger partial charge in [-0.2, -0.15) is 0 Å². The summed E-state index contributed by atoms with van der Waals surface area (Å²) in [5.74, 6) is -1.36. The monoisotopic (exact) mass is 343 g/mol. The zero-order chi connectivity index (χ0) is 17.8. The lowest BCUT2D eigenvalue weighted by atomic mass is 9.95. The molecule has 1 aliphatic rings. The van der Waals surface area contributed by atoms with E-state index in [2.05, 4.69) is 5.32 Å². The molecular formula is C19H18FNO4. The fraction of sp³-hybridized carbons (Fsp3) is 0.263. The molecule has 0 aliphatic carbocycles. The SMILES string of the molecule is O=C(O)C[C@@H](NC(=O)[C@@H]1COc2ccccc2C1)c1ccc(F)cc1. The van der Waals surface area contributed by atoms with Crippen LogP contribution in [0.15, 0.2) is 48.5 Å². The summed E-state index contributed by atoms with van der Waals surface area (Å²) in [4.78, 5) is 23.7. The highest BCUT2D eigenvalue weighted by molar-refractivity contribution is 5.81. The molecule has 2 aromatic carbocycles. The van der Waals surface area contributed by atoms with Crippen LogP contribution >= 0.6 is 0 Å². The number of carbonyl (C=O) groups is 2. The van der Waals surface area contributed by atoms with E-state index in [1.807, 2.05) is 24.3 Å². The molecular weight excluding hydrogens is 325 g/mol. The van der Waals surface area contributed by atoms with E-state index in [0.717, 1.165) is 11.3 Å². The van der Waals surface area contributed by atoms with E-state index in [-0.39, 0.29) is 18.9 Å². The molecule has 1 amide bonds. The van der Waals surface area contributed by atoms with Crippen LogP contribution in [-0.4, -0.2) is 23.6 Å². The first kappa shape index (κ1) is 17.0. The molecule has 1 heterocycles. The van der Waals surface area contributed by atoms with Gasteiger partial charge in [-0.1, -0.05) is 30.3 Å². The van der Waals surface area contributed by atoms with Gasteiger partial charge in [-0.05, 0) is 35.7 Å². The summed E-state index contributed by atoms with van der Waals surface area (Å²) in [6.45, 7) is 0.242. The van der Waals surface area contributed by atoms with Gasteiger partial charge < -0.3 is 15.2 Å². The van der Waals surface area contributed by atoms with E-state index >= 15 is 0 Å². The highest BCUT2D eigenvalue weighted by atomic mass is 19.1. The lowest BCUT2D eigenvalue weighted by molar-refractivity contribution is -0.138. The smallest absolute Gasteiger partial charge is 0.305 e. The minimum Gasteiger partial charge on any atom is -0.492 e. The number of amides is 1. The first-order valence-corrected chi connectivity index (χ1v) is 8.01. The van der Waals surface area contributed by atoms with Crippen molar-refractivity contribution in [2.75, 3.05) is 6.61 Å². The van der Waals surface area contributed by atoms with Crippen LogP contribution in [0, 0.1) is 11.7 Å². The van der Waals surface area contributed by atoms with Gasteiger partial charge in [0.2, 0.25) is 5.91 Å². The van der Waals surface area contributed by atoms with Crippen LogP contribution in [0.4, 0.5) is 4.39 Å². The first-order valence-electron chi connectivity index (χ1n) is 8.01. The average molecular weight is 343 g/mol. The van der Waals surface area contributed by atoms with Crippen molar-refractivity contribution in [2.24, 2.45) is 5.92 Å². The summed E-state index contributed by atoms with van der Waals surface area (Å²) in [5.41, 5.74) is 1.50. The Balaban J connectivity index is 1.72. The number of carboxylic acid groups (broad SMARTS) is 1. The van der Waals surface area contributed by atoms with E-state index in [1.54, 1.807) is 0 Å². The van der Waals surface area contributed by atoms with Crippen molar-refractivity contribution >= 4 is 11.9 Å². The molecule has 3 rings (SSSR count). The average Bonchev–Trinajstić information content (AvgIpc) is 2.61. The Bertz CT molecular complexity index is 775. The first-order chi connectivity index (χ1) is 12.0. The van der Waals surface area contributed by atoms with Crippen LogP contribution in [0.3, 0.4) is 0 Å². The van der Waals surface area contributed by atoms with Crippen LogP contribution < -0.4 is 10.1 Å². The molecule has 25 heavy (non-hydrogen) atoms. The zero-order valence-electron chi connectivity index (χ0n) is 13.4. The maximum atomic E-state index is 13.1. The number of halogens is 1. The maximum Gasteiger partial charge on any atom is 0.305 e. The molecule has 0 spiro atoms. The van der Waals surface area contributed by atoms with Crippen molar-refractivity contribution in [3.05, 3.63) is 65.5 Å². The number of aliphatic carboxylic acids is 1. The van der Waals surface area contributed by atoms with Gasteiger partial charge in [-0.25, -0.2) is 4.39 Å². The largest absolute Gasteiger partial charge is 0.492 e. The fourth-order valence-electron chi connectivity index (χ4n) is 2.91. The Morgan fingerprint density at radius 3 is 2.64 bits per heavy atom. The second-order valence-electron chi connectivity index (χ2n) is 6.03. The minimum absolute atomic E-state index is 0.242. The molecule has 0 saturated heterocycles. The summed E-state index contributed by atoms with van der Waals surface area (Å²) < 4.78 is 18.7. The molecule has 2 N–H and O–H groups in total. The van der Waals surface area contributed by atoms with Crippen LogP contribution in [-0.2, 0) is 16.0 Å². The number of ether oxygens (including phenoxy) is 1. The molecule has 0 unspecified atom stereocenters. The van der Waals surface area contributed by atoms with Gasteiger partial charge in [0.1, 0.15) is 18.2 Å². The third-order valence-electron chi connectivity index (χ3n) is 4.22. The lowest BCUT2D eigenvalue weighted by Crippen LogP contribution is -2.39. The Morgan fingerprint density at radius 1 is 1.20 bits per heavy atom. The van der Waals surface area contributed by atoms with Crippen LogP contribution in [0.5, 0.6) is 5.75 Å². The second kappa shape index (κ2) is 7.34. The Kier molecular flexibility index (Phi) is 4.97. The summed E-state index contributed by atoms with van der Waals surface area (Å²) in [5, 5.41) is 11.9.